The van der Waals surface area contributed by atoms with Crippen LogP contribution in [0.15, 0.2) is 11.6 Å². The Morgan fingerprint density at radius 2 is 2.14 bits per heavy atom. The van der Waals surface area contributed by atoms with Crippen LogP contribution in [0.25, 0.3) is 4.96 Å². The highest BCUT2D eigenvalue weighted by atomic mass is 32.1. The van der Waals surface area contributed by atoms with Gasteiger partial charge in [-0.25, -0.2) is 9.78 Å². The smallest absolute Gasteiger partial charge is 0.326 e. The summed E-state index contributed by atoms with van der Waals surface area (Å²) in [6, 6.07) is -1.26. The maximum atomic E-state index is 12.0. The minimum absolute atomic E-state index is 0.103. The van der Waals surface area contributed by atoms with Gasteiger partial charge in [0.1, 0.15) is 11.7 Å². The molecule has 9 heteroatoms. The quantitative estimate of drug-likeness (QED) is 0.724. The zero-order valence-electron chi connectivity index (χ0n) is 11.1. The third-order valence-corrected chi connectivity index (χ3v) is 3.83. The number of rotatable bonds is 6. The van der Waals surface area contributed by atoms with E-state index in [4.69, 9.17) is 10.2 Å². The molecular formula is C12H13N3O5S. The summed E-state index contributed by atoms with van der Waals surface area (Å²) in [6.07, 6.45) is 0.999. The van der Waals surface area contributed by atoms with Crippen LogP contribution in [0, 0.1) is 6.92 Å². The summed E-state index contributed by atoms with van der Waals surface area (Å²) < 4.78 is 1.73. The van der Waals surface area contributed by atoms with Gasteiger partial charge in [0.15, 0.2) is 4.96 Å². The van der Waals surface area contributed by atoms with Crippen molar-refractivity contribution < 1.29 is 24.6 Å². The average molecular weight is 311 g/mol. The lowest BCUT2D eigenvalue weighted by Crippen LogP contribution is -2.41. The molecule has 112 valence electrons. The molecule has 0 aromatic carbocycles. The highest BCUT2D eigenvalue weighted by Crippen LogP contribution is 2.15. The zero-order chi connectivity index (χ0) is 15.6. The third-order valence-electron chi connectivity index (χ3n) is 2.87. The number of carboxylic acids is 2. The third kappa shape index (κ3) is 3.37. The molecule has 0 spiro atoms. The number of aliphatic carboxylic acids is 2. The molecule has 0 saturated heterocycles. The number of carboxylic acid groups (broad SMARTS) is 2. The lowest BCUT2D eigenvalue weighted by atomic mass is 10.1. The Hall–Kier alpha value is -2.42. The van der Waals surface area contributed by atoms with Crippen molar-refractivity contribution in [3.63, 3.8) is 0 Å². The highest BCUT2D eigenvalue weighted by Gasteiger charge is 2.23. The molecule has 2 aromatic heterocycles. The van der Waals surface area contributed by atoms with Crippen molar-refractivity contribution in [2.45, 2.75) is 25.8 Å². The monoisotopic (exact) mass is 311 g/mol. The predicted molar refractivity (Wildman–Crippen MR) is 73.6 cm³/mol. The zero-order valence-corrected chi connectivity index (χ0v) is 11.9. The van der Waals surface area contributed by atoms with Gasteiger partial charge in [-0.2, -0.15) is 0 Å². The molecule has 8 nitrogen and oxygen atoms in total. The normalized spacial score (nSPS) is 12.2. The molecule has 0 aliphatic heterocycles. The van der Waals surface area contributed by atoms with Gasteiger partial charge in [0.05, 0.1) is 0 Å². The van der Waals surface area contributed by atoms with Crippen molar-refractivity contribution in [1.29, 1.82) is 0 Å². The summed E-state index contributed by atoms with van der Waals surface area (Å²) >= 11 is 1.37. The van der Waals surface area contributed by atoms with Crippen molar-refractivity contribution in [3.05, 3.63) is 23.0 Å². The van der Waals surface area contributed by atoms with E-state index < -0.39 is 23.9 Å². The van der Waals surface area contributed by atoms with E-state index in [-0.39, 0.29) is 18.5 Å². The van der Waals surface area contributed by atoms with Crippen LogP contribution in [0.5, 0.6) is 0 Å². The van der Waals surface area contributed by atoms with Crippen LogP contribution in [0.2, 0.25) is 0 Å². The summed E-state index contributed by atoms with van der Waals surface area (Å²) in [5.41, 5.74) is 1.02. The Morgan fingerprint density at radius 1 is 1.43 bits per heavy atom. The number of carbonyl (C=O) groups excluding carboxylic acids is 1. The van der Waals surface area contributed by atoms with E-state index in [0.29, 0.717) is 4.96 Å². The maximum absolute atomic E-state index is 12.0. The number of thiazole rings is 1. The van der Waals surface area contributed by atoms with E-state index in [2.05, 4.69) is 10.3 Å². The van der Waals surface area contributed by atoms with Gasteiger partial charge in [0, 0.05) is 23.7 Å². The first-order valence-corrected chi connectivity index (χ1v) is 6.95. The molecule has 21 heavy (non-hydrogen) atoms. The molecular weight excluding hydrogens is 298 g/mol. The van der Waals surface area contributed by atoms with Gasteiger partial charge in [-0.1, -0.05) is 0 Å². The second kappa shape index (κ2) is 5.92. The highest BCUT2D eigenvalue weighted by molar-refractivity contribution is 7.15. The van der Waals surface area contributed by atoms with E-state index in [1.807, 2.05) is 12.3 Å². The van der Waals surface area contributed by atoms with Crippen molar-refractivity contribution in [1.82, 2.24) is 14.7 Å². The number of aromatic nitrogens is 2. The number of hydrogen-bond donors (Lipinski definition) is 3. The average Bonchev–Trinajstić information content (AvgIpc) is 2.96. The van der Waals surface area contributed by atoms with Crippen molar-refractivity contribution in [3.8, 4) is 0 Å². The first kappa shape index (κ1) is 15.0. The van der Waals surface area contributed by atoms with E-state index in [1.165, 1.54) is 17.5 Å². The number of amides is 1. The number of aryl methyl sites for hydroxylation is 1. The van der Waals surface area contributed by atoms with E-state index >= 15 is 0 Å². The first-order chi connectivity index (χ1) is 9.88. The van der Waals surface area contributed by atoms with E-state index in [9.17, 15) is 14.4 Å². The molecule has 2 heterocycles. The summed E-state index contributed by atoms with van der Waals surface area (Å²) in [6.45, 7) is 1.86. The molecule has 1 amide bonds. The van der Waals surface area contributed by atoms with Gasteiger partial charge in [-0.3, -0.25) is 14.0 Å². The van der Waals surface area contributed by atoms with Crippen LogP contribution < -0.4 is 5.32 Å². The maximum Gasteiger partial charge on any atom is 0.326 e. The number of nitrogens with zero attached hydrogens (tertiary/aromatic N) is 2. The molecule has 1 atom stereocenters. The van der Waals surface area contributed by atoms with Crippen molar-refractivity contribution >= 4 is 34.1 Å². The minimum Gasteiger partial charge on any atom is -0.481 e. The molecule has 0 bridgehead atoms. The van der Waals surface area contributed by atoms with Crippen LogP contribution in [-0.4, -0.2) is 43.5 Å². The number of imidazole rings is 1. The summed E-state index contributed by atoms with van der Waals surface area (Å²) in [5, 5.41) is 21.7. The predicted octanol–water partition coefficient (Wildman–Crippen LogP) is 0.752. The van der Waals surface area contributed by atoms with Gasteiger partial charge < -0.3 is 15.5 Å². The van der Waals surface area contributed by atoms with Gasteiger partial charge in [0.2, 0.25) is 0 Å². The van der Waals surface area contributed by atoms with Crippen molar-refractivity contribution in [2.75, 3.05) is 0 Å². The molecule has 0 aliphatic rings. The SMILES string of the molecule is Cc1csc2nc(C(=O)NC(CCC(=O)O)C(=O)O)cn12. The molecule has 1 unspecified atom stereocenters. The second-order valence-electron chi connectivity index (χ2n) is 4.45. The molecule has 0 saturated carbocycles. The minimum atomic E-state index is -1.28. The molecule has 0 radical (unpaired) electrons. The van der Waals surface area contributed by atoms with Crippen LogP contribution in [0.1, 0.15) is 29.0 Å². The lowest BCUT2D eigenvalue weighted by molar-refractivity contribution is -0.140. The van der Waals surface area contributed by atoms with E-state index in [0.717, 1.165) is 5.69 Å². The van der Waals surface area contributed by atoms with Crippen LogP contribution in [-0.2, 0) is 9.59 Å². The number of hydrogen-bond acceptors (Lipinski definition) is 5. The van der Waals surface area contributed by atoms with Crippen LogP contribution in [0.4, 0.5) is 0 Å². The first-order valence-electron chi connectivity index (χ1n) is 6.07. The second-order valence-corrected chi connectivity index (χ2v) is 5.29. The number of carbonyl (C=O) groups is 3. The Kier molecular flexibility index (Phi) is 4.22. The van der Waals surface area contributed by atoms with Gasteiger partial charge >= 0.3 is 11.9 Å². The van der Waals surface area contributed by atoms with Gasteiger partial charge in [-0.15, -0.1) is 11.3 Å². The van der Waals surface area contributed by atoms with Crippen molar-refractivity contribution in [2.24, 2.45) is 0 Å². The topological polar surface area (TPSA) is 121 Å². The summed E-state index contributed by atoms with van der Waals surface area (Å²) in [5.74, 6) is -3.03. The Morgan fingerprint density at radius 3 is 2.71 bits per heavy atom. The fourth-order valence-electron chi connectivity index (χ4n) is 1.76. The van der Waals surface area contributed by atoms with Gasteiger partial charge in [-0.05, 0) is 13.3 Å². The fourth-order valence-corrected chi connectivity index (χ4v) is 2.61. The molecule has 0 fully saturated rings. The number of fused-ring (bicyclic) bond motifs is 1. The lowest BCUT2D eigenvalue weighted by Gasteiger charge is -2.12. The standard InChI is InChI=1S/C12H13N3O5S/c1-6-5-21-12-14-8(4-15(6)12)10(18)13-7(11(19)20)2-3-9(16)17/h4-5,7H,2-3H2,1H3,(H,13,18)(H,16,17)(H,19,20). The van der Waals surface area contributed by atoms with E-state index in [1.54, 1.807) is 4.40 Å². The summed E-state index contributed by atoms with van der Waals surface area (Å²) in [7, 11) is 0. The molecule has 3 N–H and O–H groups in total. The molecule has 2 rings (SSSR count). The largest absolute Gasteiger partial charge is 0.481 e. The Labute approximate surface area is 123 Å². The Bertz CT molecular complexity index is 705. The fraction of sp³-hybridized carbons (Fsp3) is 0.333. The van der Waals surface area contributed by atoms with Crippen LogP contribution in [0.3, 0.4) is 0 Å². The molecule has 0 aliphatic carbocycles. The molecule has 2 aromatic rings. The van der Waals surface area contributed by atoms with Crippen LogP contribution >= 0.6 is 11.3 Å². The number of nitrogens with one attached hydrogen (secondary N) is 1. The van der Waals surface area contributed by atoms with Gasteiger partial charge in [0.25, 0.3) is 5.91 Å². The summed E-state index contributed by atoms with van der Waals surface area (Å²) in [4.78, 5) is 38.2. The Balaban J connectivity index is 2.10.